The van der Waals surface area contributed by atoms with Crippen molar-refractivity contribution in [1.82, 2.24) is 5.32 Å². The van der Waals surface area contributed by atoms with Crippen LogP contribution in [0.5, 0.6) is 5.75 Å². The maximum Gasteiger partial charge on any atom is 0.118 e. The van der Waals surface area contributed by atoms with Gasteiger partial charge in [-0.2, -0.15) is 0 Å². The zero-order valence-corrected chi connectivity index (χ0v) is 11.0. The molecule has 2 aliphatic rings. The molecule has 2 atom stereocenters. The highest BCUT2D eigenvalue weighted by atomic mass is 32.2. The second-order valence-corrected chi connectivity index (χ2v) is 6.40. The summed E-state index contributed by atoms with van der Waals surface area (Å²) in [6, 6.07) is 10.0. The van der Waals surface area contributed by atoms with Crippen LogP contribution in [0.4, 0.5) is 0 Å². The number of rotatable bonds is 3. The van der Waals surface area contributed by atoms with Gasteiger partial charge in [-0.3, -0.25) is 0 Å². The number of methoxy groups -OCH3 is 1. The van der Waals surface area contributed by atoms with Crippen LogP contribution in [0.2, 0.25) is 0 Å². The van der Waals surface area contributed by atoms with Gasteiger partial charge < -0.3 is 10.1 Å². The Hall–Kier alpha value is -0.670. The molecular formula is C14H19NOS. The van der Waals surface area contributed by atoms with Crippen LogP contribution in [0.25, 0.3) is 0 Å². The Morgan fingerprint density at radius 1 is 1.12 bits per heavy atom. The molecule has 0 saturated carbocycles. The molecule has 0 aliphatic carbocycles. The minimum atomic E-state index is 0.782. The SMILES string of the molecule is COc1ccc(SC2C[C@H]3CC[C@H](C2)N3)cc1. The van der Waals surface area contributed by atoms with Gasteiger partial charge in [0.15, 0.2) is 0 Å². The summed E-state index contributed by atoms with van der Waals surface area (Å²) in [5, 5.41) is 4.48. The second kappa shape index (κ2) is 4.91. The number of fused-ring (bicyclic) bond motifs is 2. The van der Waals surface area contributed by atoms with Crippen molar-refractivity contribution in [1.29, 1.82) is 0 Å². The molecule has 0 radical (unpaired) electrons. The topological polar surface area (TPSA) is 21.3 Å². The average molecular weight is 249 g/mol. The van der Waals surface area contributed by atoms with Crippen LogP contribution in [0.3, 0.4) is 0 Å². The lowest BCUT2D eigenvalue weighted by Gasteiger charge is -2.28. The molecule has 1 aromatic rings. The van der Waals surface area contributed by atoms with E-state index in [0.29, 0.717) is 0 Å². The lowest BCUT2D eigenvalue weighted by atomic mass is 10.1. The standard InChI is InChI=1S/C14H19NOS/c1-16-12-4-6-13(7-5-12)17-14-8-10-2-3-11(9-14)15-10/h4-7,10-11,14-15H,2-3,8-9H2,1H3/t10-,11-/m1/s1. The number of thioether (sulfide) groups is 1. The molecule has 3 rings (SSSR count). The monoisotopic (exact) mass is 249 g/mol. The summed E-state index contributed by atoms with van der Waals surface area (Å²) in [6.07, 6.45) is 5.41. The van der Waals surface area contributed by atoms with E-state index in [-0.39, 0.29) is 0 Å². The molecular weight excluding hydrogens is 230 g/mol. The average Bonchev–Trinajstić information content (AvgIpc) is 2.70. The molecule has 1 aromatic carbocycles. The lowest BCUT2D eigenvalue weighted by Crippen LogP contribution is -2.39. The van der Waals surface area contributed by atoms with Crippen molar-refractivity contribution in [2.24, 2.45) is 0 Å². The van der Waals surface area contributed by atoms with Gasteiger partial charge in [0.05, 0.1) is 7.11 Å². The van der Waals surface area contributed by atoms with Gasteiger partial charge in [-0.1, -0.05) is 0 Å². The van der Waals surface area contributed by atoms with Crippen molar-refractivity contribution in [3.05, 3.63) is 24.3 Å². The zero-order chi connectivity index (χ0) is 11.7. The normalized spacial score (nSPS) is 31.5. The molecule has 0 aromatic heterocycles. The number of nitrogens with one attached hydrogen (secondary N) is 1. The first-order chi connectivity index (χ1) is 8.33. The van der Waals surface area contributed by atoms with E-state index in [2.05, 4.69) is 29.6 Å². The fraction of sp³-hybridized carbons (Fsp3) is 0.571. The van der Waals surface area contributed by atoms with Gasteiger partial charge in [0.25, 0.3) is 0 Å². The Morgan fingerprint density at radius 3 is 2.35 bits per heavy atom. The van der Waals surface area contributed by atoms with Gasteiger partial charge >= 0.3 is 0 Å². The third kappa shape index (κ3) is 2.61. The van der Waals surface area contributed by atoms with Gasteiger partial charge in [-0.05, 0) is 49.9 Å². The van der Waals surface area contributed by atoms with E-state index in [1.165, 1.54) is 30.6 Å². The van der Waals surface area contributed by atoms with Crippen molar-refractivity contribution in [2.75, 3.05) is 7.11 Å². The predicted octanol–water partition coefficient (Wildman–Crippen LogP) is 3.07. The summed E-state index contributed by atoms with van der Waals surface area (Å²) in [7, 11) is 1.71. The summed E-state index contributed by atoms with van der Waals surface area (Å²) in [4.78, 5) is 1.37. The van der Waals surface area contributed by atoms with E-state index in [0.717, 1.165) is 23.1 Å². The lowest BCUT2D eigenvalue weighted by molar-refractivity contribution is 0.413. The van der Waals surface area contributed by atoms with Crippen LogP contribution < -0.4 is 10.1 Å². The Kier molecular flexibility index (Phi) is 3.30. The van der Waals surface area contributed by atoms with E-state index >= 15 is 0 Å². The van der Waals surface area contributed by atoms with E-state index in [9.17, 15) is 0 Å². The first-order valence-electron chi connectivity index (χ1n) is 6.40. The summed E-state index contributed by atoms with van der Waals surface area (Å²) < 4.78 is 5.18. The summed E-state index contributed by atoms with van der Waals surface area (Å²) in [5.74, 6) is 0.944. The maximum atomic E-state index is 5.18. The molecule has 92 valence electrons. The van der Waals surface area contributed by atoms with Crippen LogP contribution in [-0.2, 0) is 0 Å². The predicted molar refractivity (Wildman–Crippen MR) is 71.8 cm³/mol. The molecule has 0 amide bonds. The van der Waals surface area contributed by atoms with Crippen LogP contribution in [0, 0.1) is 0 Å². The van der Waals surface area contributed by atoms with Gasteiger partial charge in [0, 0.05) is 22.2 Å². The number of ether oxygens (including phenoxy) is 1. The Morgan fingerprint density at radius 2 is 1.76 bits per heavy atom. The Balaban J connectivity index is 1.62. The van der Waals surface area contributed by atoms with Gasteiger partial charge in [0.2, 0.25) is 0 Å². The van der Waals surface area contributed by atoms with Crippen LogP contribution >= 0.6 is 11.8 Å². The van der Waals surface area contributed by atoms with Crippen LogP contribution in [0.1, 0.15) is 25.7 Å². The molecule has 2 bridgehead atoms. The highest BCUT2D eigenvalue weighted by molar-refractivity contribution is 8.00. The first-order valence-corrected chi connectivity index (χ1v) is 7.28. The quantitative estimate of drug-likeness (QED) is 0.889. The van der Waals surface area contributed by atoms with Gasteiger partial charge in [0.1, 0.15) is 5.75 Å². The molecule has 2 nitrogen and oxygen atoms in total. The van der Waals surface area contributed by atoms with E-state index < -0.39 is 0 Å². The molecule has 17 heavy (non-hydrogen) atoms. The minimum absolute atomic E-state index is 0.782. The number of benzene rings is 1. The fourth-order valence-electron chi connectivity index (χ4n) is 2.95. The molecule has 2 aliphatic heterocycles. The summed E-state index contributed by atoms with van der Waals surface area (Å²) in [6.45, 7) is 0. The largest absolute Gasteiger partial charge is 0.497 e. The van der Waals surface area contributed by atoms with Crippen LogP contribution in [0.15, 0.2) is 29.2 Å². The van der Waals surface area contributed by atoms with Gasteiger partial charge in [-0.25, -0.2) is 0 Å². The Bertz CT molecular complexity index is 366. The third-order valence-corrected chi connectivity index (χ3v) is 5.05. The highest BCUT2D eigenvalue weighted by Crippen LogP contribution is 2.37. The van der Waals surface area contributed by atoms with Crippen molar-refractivity contribution in [3.8, 4) is 5.75 Å². The van der Waals surface area contributed by atoms with Crippen molar-refractivity contribution >= 4 is 11.8 Å². The summed E-state index contributed by atoms with van der Waals surface area (Å²) >= 11 is 2.04. The minimum Gasteiger partial charge on any atom is -0.497 e. The van der Waals surface area contributed by atoms with Crippen molar-refractivity contribution < 1.29 is 4.74 Å². The van der Waals surface area contributed by atoms with Crippen LogP contribution in [-0.4, -0.2) is 24.4 Å². The number of piperidine rings is 1. The summed E-state index contributed by atoms with van der Waals surface area (Å²) in [5.41, 5.74) is 0. The third-order valence-electron chi connectivity index (χ3n) is 3.79. The number of hydrogen-bond donors (Lipinski definition) is 1. The molecule has 1 N–H and O–H groups in total. The van der Waals surface area contributed by atoms with Crippen molar-refractivity contribution in [2.45, 2.75) is 47.9 Å². The molecule has 2 saturated heterocycles. The second-order valence-electron chi connectivity index (χ2n) is 5.02. The van der Waals surface area contributed by atoms with Crippen molar-refractivity contribution in [3.63, 3.8) is 0 Å². The van der Waals surface area contributed by atoms with E-state index in [1.807, 2.05) is 11.8 Å². The number of hydrogen-bond acceptors (Lipinski definition) is 3. The molecule has 2 fully saturated rings. The molecule has 0 unspecified atom stereocenters. The fourth-order valence-corrected chi connectivity index (χ4v) is 4.28. The Labute approximate surface area is 107 Å². The first kappa shape index (κ1) is 11.4. The molecule has 3 heteroatoms. The molecule has 2 heterocycles. The van der Waals surface area contributed by atoms with E-state index in [1.54, 1.807) is 7.11 Å². The maximum absolute atomic E-state index is 5.18. The highest BCUT2D eigenvalue weighted by Gasteiger charge is 2.33. The molecule has 0 spiro atoms. The zero-order valence-electron chi connectivity index (χ0n) is 10.2. The smallest absolute Gasteiger partial charge is 0.118 e. The van der Waals surface area contributed by atoms with E-state index in [4.69, 9.17) is 4.74 Å². The van der Waals surface area contributed by atoms with Gasteiger partial charge in [-0.15, -0.1) is 11.8 Å².